The van der Waals surface area contributed by atoms with Gasteiger partial charge in [-0.1, -0.05) is 23.9 Å². The average molecular weight is 463 g/mol. The van der Waals surface area contributed by atoms with Crippen LogP contribution in [0.2, 0.25) is 0 Å². The fourth-order valence-corrected chi connectivity index (χ4v) is 3.34. The molecule has 0 bridgehead atoms. The normalized spacial score (nSPS) is 10.5. The van der Waals surface area contributed by atoms with Gasteiger partial charge in [0.05, 0.1) is 29.9 Å². The molecule has 28 heavy (non-hydrogen) atoms. The molecule has 0 aliphatic carbocycles. The molecular formula is C19H16BrFN4O2S. The Kier molecular flexibility index (Phi) is 6.83. The number of nitrogens with zero attached hydrogens (tertiary/aromatic N) is 1. The monoisotopic (exact) mass is 462 g/mol. The molecule has 1 heterocycles. The Balaban J connectivity index is 1.44. The van der Waals surface area contributed by atoms with Gasteiger partial charge >= 0.3 is 0 Å². The Labute approximate surface area is 173 Å². The maximum Gasteiger partial charge on any atom is 0.243 e. The van der Waals surface area contributed by atoms with Crippen LogP contribution in [0.1, 0.15) is 0 Å². The average Bonchev–Trinajstić information content (AvgIpc) is 3.16. The second-order valence-electron chi connectivity index (χ2n) is 5.70. The molecule has 0 unspecified atom stereocenters. The molecule has 6 nitrogen and oxygen atoms in total. The lowest BCUT2D eigenvalue weighted by Crippen LogP contribution is -2.33. The lowest BCUT2D eigenvalue weighted by atomic mass is 10.2. The van der Waals surface area contributed by atoms with E-state index in [0.29, 0.717) is 10.8 Å². The van der Waals surface area contributed by atoms with Gasteiger partial charge in [-0.25, -0.2) is 9.37 Å². The molecule has 9 heteroatoms. The van der Waals surface area contributed by atoms with Crippen molar-refractivity contribution in [1.29, 1.82) is 0 Å². The summed E-state index contributed by atoms with van der Waals surface area (Å²) in [6, 6.07) is 13.3. The summed E-state index contributed by atoms with van der Waals surface area (Å²) in [5, 5.41) is 5.84. The first-order valence-electron chi connectivity index (χ1n) is 8.26. The van der Waals surface area contributed by atoms with Crippen molar-refractivity contribution in [2.75, 3.05) is 17.6 Å². The zero-order valence-corrected chi connectivity index (χ0v) is 16.9. The molecule has 3 rings (SSSR count). The first-order chi connectivity index (χ1) is 13.5. The Morgan fingerprint density at radius 1 is 1.11 bits per heavy atom. The predicted octanol–water partition coefficient (Wildman–Crippen LogP) is 3.83. The number of thioether (sulfide) groups is 1. The Bertz CT molecular complexity index is 978. The fourth-order valence-electron chi connectivity index (χ4n) is 2.27. The van der Waals surface area contributed by atoms with E-state index in [4.69, 9.17) is 0 Å². The number of carbonyl (C=O) groups is 2. The number of hydrogen-bond acceptors (Lipinski definition) is 4. The Morgan fingerprint density at radius 2 is 1.86 bits per heavy atom. The minimum absolute atomic E-state index is 0.110. The van der Waals surface area contributed by atoms with Gasteiger partial charge in [0.25, 0.3) is 0 Å². The summed E-state index contributed by atoms with van der Waals surface area (Å²) in [5.74, 6) is -0.800. The van der Waals surface area contributed by atoms with Gasteiger partial charge in [0.15, 0.2) is 5.16 Å². The smallest absolute Gasteiger partial charge is 0.243 e. The largest absolute Gasteiger partial charge is 0.346 e. The topological polar surface area (TPSA) is 86.9 Å². The lowest BCUT2D eigenvalue weighted by Gasteiger charge is -2.08. The van der Waals surface area contributed by atoms with Gasteiger partial charge in [0.1, 0.15) is 5.82 Å². The van der Waals surface area contributed by atoms with Crippen molar-refractivity contribution in [2.45, 2.75) is 5.16 Å². The number of anilines is 1. The standard InChI is InChI=1S/C19H16BrFN4O2S/c20-14-3-1-2-4-15(14)24-17(26)10-22-18(27)11-28-19-23-9-16(25-19)12-5-7-13(21)8-6-12/h1-9H,10-11H2,(H,22,27)(H,23,25)(H,24,26). The molecule has 3 N–H and O–H groups in total. The fraction of sp³-hybridized carbons (Fsp3) is 0.105. The number of hydrogen-bond donors (Lipinski definition) is 3. The molecule has 0 spiro atoms. The zero-order valence-electron chi connectivity index (χ0n) is 14.5. The Hall–Kier alpha value is -2.65. The number of rotatable bonds is 7. The zero-order chi connectivity index (χ0) is 19.9. The van der Waals surface area contributed by atoms with Crippen LogP contribution in [-0.4, -0.2) is 34.1 Å². The third-order valence-corrected chi connectivity index (χ3v) is 5.22. The van der Waals surface area contributed by atoms with Crippen molar-refractivity contribution < 1.29 is 14.0 Å². The minimum Gasteiger partial charge on any atom is -0.346 e. The predicted molar refractivity (Wildman–Crippen MR) is 110 cm³/mol. The van der Waals surface area contributed by atoms with Crippen molar-refractivity contribution in [3.05, 3.63) is 65.0 Å². The van der Waals surface area contributed by atoms with Gasteiger partial charge in [-0.3, -0.25) is 9.59 Å². The van der Waals surface area contributed by atoms with Crippen molar-refractivity contribution in [2.24, 2.45) is 0 Å². The quantitative estimate of drug-likeness (QED) is 0.465. The number of carbonyl (C=O) groups excluding carboxylic acids is 2. The van der Waals surface area contributed by atoms with Crippen LogP contribution in [0.25, 0.3) is 11.3 Å². The molecule has 2 aromatic carbocycles. The Morgan fingerprint density at radius 3 is 2.61 bits per heavy atom. The number of aromatic nitrogens is 2. The molecule has 144 valence electrons. The summed E-state index contributed by atoms with van der Waals surface area (Å²) >= 11 is 4.56. The van der Waals surface area contributed by atoms with Crippen LogP contribution in [0.5, 0.6) is 0 Å². The third-order valence-electron chi connectivity index (χ3n) is 3.64. The van der Waals surface area contributed by atoms with Gasteiger partial charge in [0.2, 0.25) is 11.8 Å². The molecule has 1 aromatic heterocycles. The van der Waals surface area contributed by atoms with Crippen LogP contribution in [0.15, 0.2) is 64.4 Å². The molecular weight excluding hydrogens is 447 g/mol. The van der Waals surface area contributed by atoms with E-state index in [1.54, 1.807) is 30.5 Å². The summed E-state index contributed by atoms with van der Waals surface area (Å²) < 4.78 is 13.7. The van der Waals surface area contributed by atoms with E-state index >= 15 is 0 Å². The van der Waals surface area contributed by atoms with E-state index in [0.717, 1.165) is 15.7 Å². The van der Waals surface area contributed by atoms with Gasteiger partial charge in [-0.05, 0) is 57.9 Å². The van der Waals surface area contributed by atoms with Crippen LogP contribution in [0, 0.1) is 5.82 Å². The highest BCUT2D eigenvalue weighted by Crippen LogP contribution is 2.22. The lowest BCUT2D eigenvalue weighted by molar-refractivity contribution is -0.122. The van der Waals surface area contributed by atoms with Crippen LogP contribution in [0.3, 0.4) is 0 Å². The summed E-state index contributed by atoms with van der Waals surface area (Å²) in [5.41, 5.74) is 2.17. The molecule has 0 radical (unpaired) electrons. The maximum absolute atomic E-state index is 13.0. The second kappa shape index (κ2) is 9.52. The molecule has 0 aliphatic heterocycles. The summed E-state index contributed by atoms with van der Waals surface area (Å²) in [6.45, 7) is -0.125. The van der Waals surface area contributed by atoms with E-state index in [2.05, 4.69) is 36.5 Å². The molecule has 0 atom stereocenters. The molecule has 0 fully saturated rings. The second-order valence-corrected chi connectivity index (χ2v) is 7.52. The number of H-pyrrole nitrogens is 1. The molecule has 3 aromatic rings. The van der Waals surface area contributed by atoms with Gasteiger partial charge in [-0.15, -0.1) is 0 Å². The van der Waals surface area contributed by atoms with Crippen molar-refractivity contribution in [3.8, 4) is 11.3 Å². The summed E-state index contributed by atoms with van der Waals surface area (Å²) in [4.78, 5) is 31.1. The number of aromatic amines is 1. The first kappa shape index (κ1) is 20.1. The van der Waals surface area contributed by atoms with Gasteiger partial charge in [0, 0.05) is 4.47 Å². The van der Waals surface area contributed by atoms with Crippen molar-refractivity contribution in [3.63, 3.8) is 0 Å². The summed E-state index contributed by atoms with van der Waals surface area (Å²) in [6.07, 6.45) is 1.62. The highest BCUT2D eigenvalue weighted by Gasteiger charge is 2.10. The van der Waals surface area contributed by atoms with E-state index in [1.165, 1.54) is 23.9 Å². The first-order valence-corrected chi connectivity index (χ1v) is 10.0. The molecule has 0 aliphatic rings. The molecule has 0 saturated heterocycles. The molecule has 0 saturated carbocycles. The van der Waals surface area contributed by atoms with E-state index in [-0.39, 0.29) is 29.9 Å². The number of benzene rings is 2. The van der Waals surface area contributed by atoms with Crippen molar-refractivity contribution >= 4 is 45.2 Å². The van der Waals surface area contributed by atoms with Gasteiger partial charge in [-0.2, -0.15) is 0 Å². The SMILES string of the molecule is O=C(CSc1ncc(-c2ccc(F)cc2)[nH]1)NCC(=O)Nc1ccccc1Br. The van der Waals surface area contributed by atoms with Crippen molar-refractivity contribution in [1.82, 2.24) is 15.3 Å². The highest BCUT2D eigenvalue weighted by molar-refractivity contribution is 9.10. The highest BCUT2D eigenvalue weighted by atomic mass is 79.9. The number of imidazole rings is 1. The summed E-state index contributed by atoms with van der Waals surface area (Å²) in [7, 11) is 0. The van der Waals surface area contributed by atoms with Crippen LogP contribution < -0.4 is 10.6 Å². The third kappa shape index (κ3) is 5.67. The number of amides is 2. The maximum atomic E-state index is 13.0. The van der Waals surface area contributed by atoms with Crippen LogP contribution in [-0.2, 0) is 9.59 Å². The van der Waals surface area contributed by atoms with E-state index in [9.17, 15) is 14.0 Å². The van der Waals surface area contributed by atoms with Crippen LogP contribution >= 0.6 is 27.7 Å². The van der Waals surface area contributed by atoms with E-state index in [1.807, 2.05) is 12.1 Å². The number of halogens is 2. The minimum atomic E-state index is -0.318. The van der Waals surface area contributed by atoms with E-state index < -0.39 is 0 Å². The number of nitrogens with one attached hydrogen (secondary N) is 3. The number of para-hydroxylation sites is 1. The van der Waals surface area contributed by atoms with Crippen LogP contribution in [0.4, 0.5) is 10.1 Å². The van der Waals surface area contributed by atoms with Gasteiger partial charge < -0.3 is 15.6 Å². The molecule has 2 amide bonds.